The van der Waals surface area contributed by atoms with Crippen LogP contribution in [0.25, 0.3) is 0 Å². The number of ether oxygens (including phenoxy) is 1. The van der Waals surface area contributed by atoms with Crippen LogP contribution < -0.4 is 5.32 Å². The Morgan fingerprint density at radius 3 is 2.70 bits per heavy atom. The van der Waals surface area contributed by atoms with Gasteiger partial charge in [0, 0.05) is 30.4 Å². The number of thiazole rings is 1. The lowest BCUT2D eigenvalue weighted by Gasteiger charge is -2.31. The van der Waals surface area contributed by atoms with Crippen LogP contribution in [-0.2, 0) is 19.2 Å². The summed E-state index contributed by atoms with van der Waals surface area (Å²) in [5.74, 6) is -7.01. The van der Waals surface area contributed by atoms with Crippen LogP contribution >= 0.6 is 11.3 Å². The number of carboxylic acids is 1. The highest BCUT2D eigenvalue weighted by Gasteiger charge is 2.61. The molecule has 15 heteroatoms. The lowest BCUT2D eigenvalue weighted by atomic mass is 9.89. The fourth-order valence-electron chi connectivity index (χ4n) is 5.60. The number of likely N-dealkylation sites (tertiary alicyclic amines) is 1. The lowest BCUT2D eigenvalue weighted by molar-refractivity contribution is -0.186. The van der Waals surface area contributed by atoms with Crippen molar-refractivity contribution in [2.45, 2.75) is 51.2 Å². The first-order valence-corrected chi connectivity index (χ1v) is 14.4. The van der Waals surface area contributed by atoms with E-state index in [1.807, 2.05) is 0 Å². The number of aliphatic carboxylic acids is 1. The van der Waals surface area contributed by atoms with Crippen LogP contribution in [0.4, 0.5) is 17.6 Å². The fraction of sp³-hybridized carbons (Fsp3) is 0.500. The SMILES string of the molecule is COC(=O)C1=C(CN2CC(F)(F)[C@@H]3[C@H]2CON3CCC(C)(C)C(=O)O)NC(c2nccs2)=N[C@H]1c1ccc(F)c(F)c1C. The van der Waals surface area contributed by atoms with Crippen molar-refractivity contribution in [3.05, 3.63) is 62.7 Å². The van der Waals surface area contributed by atoms with Crippen molar-refractivity contribution in [2.75, 3.05) is 33.4 Å². The van der Waals surface area contributed by atoms with E-state index in [1.165, 1.54) is 43.1 Å². The molecule has 232 valence electrons. The number of rotatable bonds is 9. The van der Waals surface area contributed by atoms with Gasteiger partial charge in [0.15, 0.2) is 22.5 Å². The van der Waals surface area contributed by atoms with E-state index in [1.54, 1.807) is 11.6 Å². The smallest absolute Gasteiger partial charge is 0.338 e. The Kier molecular flexibility index (Phi) is 8.37. The summed E-state index contributed by atoms with van der Waals surface area (Å²) in [4.78, 5) is 40.8. The van der Waals surface area contributed by atoms with Gasteiger partial charge >= 0.3 is 11.9 Å². The standard InChI is InChI=1S/C28H31F4N5O5S/c1-14-15(5-6-16(29)20(14)30)21-19(25(38)41-4)17(34-23(35-21)24-33-8-10-43-24)11-36-13-28(31,32)22-18(36)12-42-37(22)9-7-27(2,3)26(39)40/h5-6,8,10,18,21-22H,7,9,11-13H2,1-4H3,(H,34,35)(H,39,40)/t18-,21+,22+/m1/s1. The molecule has 0 aliphatic carbocycles. The first kappa shape index (κ1) is 31.0. The van der Waals surface area contributed by atoms with Gasteiger partial charge in [-0.05, 0) is 44.4 Å². The third kappa shape index (κ3) is 5.78. The Bertz CT molecular complexity index is 1480. The first-order valence-electron chi connectivity index (χ1n) is 13.5. The number of alkyl halides is 2. The molecule has 3 aliphatic heterocycles. The normalized spacial score (nSPS) is 24.1. The molecule has 1 aromatic heterocycles. The molecule has 1 aromatic carbocycles. The van der Waals surface area contributed by atoms with Crippen molar-refractivity contribution in [1.29, 1.82) is 0 Å². The Labute approximate surface area is 249 Å². The van der Waals surface area contributed by atoms with Crippen LogP contribution in [0.1, 0.15) is 42.4 Å². The number of carbonyl (C=O) groups excluding carboxylic acids is 1. The Morgan fingerprint density at radius 1 is 1.30 bits per heavy atom. The molecule has 0 radical (unpaired) electrons. The number of fused-ring (bicyclic) bond motifs is 1. The summed E-state index contributed by atoms with van der Waals surface area (Å²) < 4.78 is 64.8. The van der Waals surface area contributed by atoms with Crippen LogP contribution in [0.3, 0.4) is 0 Å². The van der Waals surface area contributed by atoms with Crippen molar-refractivity contribution in [1.82, 2.24) is 20.3 Å². The second kappa shape index (κ2) is 11.6. The molecule has 4 heterocycles. The zero-order valence-corrected chi connectivity index (χ0v) is 24.7. The summed E-state index contributed by atoms with van der Waals surface area (Å²) >= 11 is 1.24. The number of carboxylic acid groups (broad SMARTS) is 1. The van der Waals surface area contributed by atoms with Gasteiger partial charge in [0.2, 0.25) is 0 Å². The summed E-state index contributed by atoms with van der Waals surface area (Å²) in [6, 6.07) is -1.02. The van der Waals surface area contributed by atoms with E-state index in [-0.39, 0.29) is 54.3 Å². The van der Waals surface area contributed by atoms with E-state index in [9.17, 15) is 23.5 Å². The van der Waals surface area contributed by atoms with Crippen molar-refractivity contribution in [3.8, 4) is 0 Å². The maximum absolute atomic E-state index is 15.5. The van der Waals surface area contributed by atoms with E-state index >= 15 is 8.78 Å². The number of hydrogen-bond donors (Lipinski definition) is 2. The Hall–Kier alpha value is -3.40. The third-order valence-corrected chi connectivity index (χ3v) is 8.92. The number of hydroxylamine groups is 2. The number of aliphatic imine (C=N–C) groups is 1. The molecule has 0 amide bonds. The second-order valence-corrected chi connectivity index (χ2v) is 12.3. The number of hydrogen-bond acceptors (Lipinski definition) is 10. The molecule has 2 aromatic rings. The monoisotopic (exact) mass is 625 g/mol. The van der Waals surface area contributed by atoms with Gasteiger partial charge in [0.1, 0.15) is 12.1 Å². The van der Waals surface area contributed by atoms with Crippen molar-refractivity contribution < 1.29 is 41.8 Å². The first-order chi connectivity index (χ1) is 20.2. The van der Waals surface area contributed by atoms with Gasteiger partial charge < -0.3 is 15.2 Å². The van der Waals surface area contributed by atoms with Gasteiger partial charge in [-0.1, -0.05) is 6.07 Å². The van der Waals surface area contributed by atoms with Gasteiger partial charge in [0.05, 0.1) is 37.3 Å². The minimum atomic E-state index is -3.22. The van der Waals surface area contributed by atoms with E-state index in [4.69, 9.17) is 9.57 Å². The minimum absolute atomic E-state index is 0.0173. The molecule has 10 nitrogen and oxygen atoms in total. The molecular formula is C28H31F4N5O5S. The van der Waals surface area contributed by atoms with Crippen LogP contribution in [0.2, 0.25) is 0 Å². The minimum Gasteiger partial charge on any atom is -0.481 e. The van der Waals surface area contributed by atoms with Crippen molar-refractivity contribution >= 4 is 29.1 Å². The molecule has 3 aliphatic rings. The number of nitrogens with zero attached hydrogens (tertiary/aromatic N) is 4. The third-order valence-electron chi connectivity index (χ3n) is 8.14. The fourth-order valence-corrected chi connectivity index (χ4v) is 6.19. The van der Waals surface area contributed by atoms with E-state index in [0.717, 1.165) is 18.2 Å². The summed E-state index contributed by atoms with van der Waals surface area (Å²) in [6.07, 6.45) is 1.63. The number of carbonyl (C=O) groups is 2. The largest absolute Gasteiger partial charge is 0.481 e. The number of esters is 1. The van der Waals surface area contributed by atoms with Crippen LogP contribution in [-0.4, -0.2) is 89.2 Å². The average Bonchev–Trinajstić information content (AvgIpc) is 3.69. The number of amidine groups is 1. The second-order valence-electron chi connectivity index (χ2n) is 11.4. The number of aromatic nitrogens is 1. The predicted molar refractivity (Wildman–Crippen MR) is 147 cm³/mol. The van der Waals surface area contributed by atoms with E-state index in [0.29, 0.717) is 5.01 Å². The van der Waals surface area contributed by atoms with Crippen LogP contribution in [0, 0.1) is 24.0 Å². The molecule has 43 heavy (non-hydrogen) atoms. The van der Waals surface area contributed by atoms with Crippen molar-refractivity contribution in [3.63, 3.8) is 0 Å². The maximum atomic E-state index is 15.5. The molecular weight excluding hydrogens is 594 g/mol. The number of halogens is 4. The average molecular weight is 626 g/mol. The summed E-state index contributed by atoms with van der Waals surface area (Å²) in [5.41, 5.74) is -0.842. The molecule has 5 rings (SSSR count). The van der Waals surface area contributed by atoms with Gasteiger partial charge in [0.25, 0.3) is 5.92 Å². The quantitative estimate of drug-likeness (QED) is 0.318. The molecule has 2 fully saturated rings. The van der Waals surface area contributed by atoms with Crippen LogP contribution in [0.5, 0.6) is 0 Å². The summed E-state index contributed by atoms with van der Waals surface area (Å²) in [6.45, 7) is 3.47. The highest BCUT2D eigenvalue weighted by molar-refractivity contribution is 7.11. The molecule has 0 bridgehead atoms. The zero-order valence-electron chi connectivity index (χ0n) is 23.9. The lowest BCUT2D eigenvalue weighted by Crippen LogP contribution is -2.46. The summed E-state index contributed by atoms with van der Waals surface area (Å²) in [7, 11) is 1.16. The Balaban J connectivity index is 1.51. The summed E-state index contributed by atoms with van der Waals surface area (Å²) in [5, 5.41) is 15.8. The van der Waals surface area contributed by atoms with Crippen molar-refractivity contribution in [2.24, 2.45) is 10.4 Å². The number of nitrogens with one attached hydrogen (secondary N) is 1. The highest BCUT2D eigenvalue weighted by atomic mass is 32.1. The number of benzene rings is 1. The molecule has 0 spiro atoms. The predicted octanol–water partition coefficient (Wildman–Crippen LogP) is 3.68. The van der Waals surface area contributed by atoms with E-state index < -0.39 is 59.6 Å². The molecule has 3 atom stereocenters. The van der Waals surface area contributed by atoms with Gasteiger partial charge in [-0.15, -0.1) is 11.3 Å². The number of methoxy groups -OCH3 is 1. The van der Waals surface area contributed by atoms with Gasteiger partial charge in [-0.25, -0.2) is 27.3 Å². The van der Waals surface area contributed by atoms with E-state index in [2.05, 4.69) is 15.3 Å². The maximum Gasteiger partial charge on any atom is 0.338 e. The Morgan fingerprint density at radius 2 is 2.05 bits per heavy atom. The van der Waals surface area contributed by atoms with Crippen LogP contribution in [0.15, 0.2) is 40.0 Å². The van der Waals surface area contributed by atoms with Gasteiger partial charge in [-0.3, -0.25) is 19.5 Å². The highest BCUT2D eigenvalue weighted by Crippen LogP contribution is 2.42. The molecule has 0 saturated carbocycles. The molecule has 2 saturated heterocycles. The zero-order chi connectivity index (χ0) is 31.3. The molecule has 2 N–H and O–H groups in total. The molecule has 0 unspecified atom stereocenters. The topological polar surface area (TPSA) is 117 Å². The van der Waals surface area contributed by atoms with Gasteiger partial charge in [-0.2, -0.15) is 5.06 Å².